The molecule has 1 saturated heterocycles. The van der Waals surface area contributed by atoms with Crippen molar-refractivity contribution in [2.45, 2.75) is 18.3 Å². The molecule has 0 radical (unpaired) electrons. The predicted octanol–water partition coefficient (Wildman–Crippen LogP) is -1.65. The molecule has 1 N–H and O–H groups in total. The summed E-state index contributed by atoms with van der Waals surface area (Å²) in [6.07, 6.45) is -1.46. The van der Waals surface area contributed by atoms with Crippen LogP contribution in [0.1, 0.15) is 0 Å². The van der Waals surface area contributed by atoms with Crippen LogP contribution in [0.5, 0.6) is 0 Å². The topological polar surface area (TPSA) is 102 Å². The summed E-state index contributed by atoms with van der Waals surface area (Å²) in [7, 11) is -3.32. The van der Waals surface area contributed by atoms with E-state index in [1.807, 2.05) is 0 Å². The van der Waals surface area contributed by atoms with E-state index >= 15 is 0 Å². The van der Waals surface area contributed by atoms with Gasteiger partial charge in [-0.05, 0) is 13.7 Å². The first-order valence-corrected chi connectivity index (χ1v) is 5.46. The number of aliphatic hydroxyl groups is 1. The Bertz CT molecular complexity index is 264. The van der Waals surface area contributed by atoms with Crippen LogP contribution in [0.25, 0.3) is 0 Å². The minimum absolute atomic E-state index is 0. The third-order valence-electron chi connectivity index (χ3n) is 1.77. The van der Waals surface area contributed by atoms with Gasteiger partial charge < -0.3 is 28.9 Å². The summed E-state index contributed by atoms with van der Waals surface area (Å²) >= 11 is 0. The summed E-state index contributed by atoms with van der Waals surface area (Å²) in [5, 5.41) is 9.42. The Balaban J connectivity index is 0.00000196. The third-order valence-corrected chi connectivity index (χ3v) is 2.31. The maximum Gasteiger partial charge on any atom is 0.0811 e. The zero-order valence-corrected chi connectivity index (χ0v) is 13.0. The first-order chi connectivity index (χ1) is 6.44. The predicted molar refractivity (Wildman–Crippen MR) is 42.7 cm³/mol. The number of ether oxygens (including phenoxy) is 2. The molecular formula is C7H10O6PU-3. The van der Waals surface area contributed by atoms with Crippen LogP contribution in [0, 0.1) is 37.7 Å². The quantitative estimate of drug-likeness (QED) is 0.401. The molecule has 0 aromatic carbocycles. The van der Waals surface area contributed by atoms with Crippen LogP contribution < -0.4 is 9.79 Å². The van der Waals surface area contributed by atoms with Crippen LogP contribution >= 0.6 is 7.60 Å². The molecule has 0 aromatic heterocycles. The molecular weight excluding hydrogens is 449 g/mol. The Hall–Kier alpha value is 0.822. The Morgan fingerprint density at radius 2 is 2.20 bits per heavy atom. The second-order valence-corrected chi connectivity index (χ2v) is 4.19. The molecule has 0 saturated carbocycles. The van der Waals surface area contributed by atoms with Crippen LogP contribution in [0.2, 0.25) is 0 Å². The number of methoxy groups -OCH3 is 1. The number of hydrogen-bond acceptors (Lipinski definition) is 6. The molecule has 1 rings (SSSR count). The smallest absolute Gasteiger partial charge is 0.0811 e. The second-order valence-electron chi connectivity index (χ2n) is 2.81. The molecule has 3 atom stereocenters. The summed E-state index contributed by atoms with van der Waals surface area (Å²) in [5.74, 6) is 0.479. The van der Waals surface area contributed by atoms with E-state index in [1.54, 1.807) is 0 Å². The molecule has 1 fully saturated rings. The molecule has 0 spiro atoms. The summed E-state index contributed by atoms with van der Waals surface area (Å²) in [6, 6.07) is 0. The molecule has 0 aliphatic carbocycles. The first-order valence-electron chi connectivity index (χ1n) is 3.85. The number of aliphatic hydroxyl groups excluding tert-OH is 1. The third kappa shape index (κ3) is 5.12. The van der Waals surface area contributed by atoms with Crippen molar-refractivity contribution in [2.75, 3.05) is 7.11 Å². The van der Waals surface area contributed by atoms with Crippen molar-refractivity contribution in [1.82, 2.24) is 0 Å². The molecule has 1 heterocycles. The standard InChI is InChI=1S/C7H12O6P.U/c1-12-6-4-13-5(7(6)8)2-3-14(9,10)11;/h2-8H,1H3,(H2,9,10,11);/q-1;/p-2/b3-2-;/t5-,6-,7?;/m1./s1. The van der Waals surface area contributed by atoms with E-state index in [4.69, 9.17) is 9.47 Å². The summed E-state index contributed by atoms with van der Waals surface area (Å²) in [6.45, 7) is 1.25. The van der Waals surface area contributed by atoms with Crippen molar-refractivity contribution in [3.8, 4) is 0 Å². The fourth-order valence-electron chi connectivity index (χ4n) is 1.06. The average molecular weight is 459 g/mol. The Morgan fingerprint density at radius 3 is 2.60 bits per heavy atom. The first kappa shape index (κ1) is 15.8. The SMILES string of the molecule is CO[C@@H]1[CH-]O[C@H](/C=C\P(=O)([O-])[O-])C1O.[U]. The van der Waals surface area contributed by atoms with Crippen LogP contribution in [0.15, 0.2) is 11.9 Å². The van der Waals surface area contributed by atoms with Gasteiger partial charge in [-0.25, -0.2) is 0 Å². The monoisotopic (exact) mass is 459 g/mol. The van der Waals surface area contributed by atoms with Crippen LogP contribution in [-0.4, -0.2) is 30.5 Å². The Labute approximate surface area is 111 Å². The molecule has 1 aliphatic rings. The van der Waals surface area contributed by atoms with Gasteiger partial charge >= 0.3 is 0 Å². The molecule has 15 heavy (non-hydrogen) atoms. The molecule has 1 unspecified atom stereocenters. The second kappa shape index (κ2) is 6.53. The van der Waals surface area contributed by atoms with Crippen molar-refractivity contribution in [3.63, 3.8) is 0 Å². The Kier molecular flexibility index (Phi) is 6.89. The van der Waals surface area contributed by atoms with E-state index in [-0.39, 0.29) is 31.1 Å². The van der Waals surface area contributed by atoms with Gasteiger partial charge in [-0.2, -0.15) is 6.61 Å². The zero-order chi connectivity index (χ0) is 10.8. The minimum Gasteiger partial charge on any atom is -0.808 e. The maximum atomic E-state index is 10.3. The van der Waals surface area contributed by atoms with Gasteiger partial charge in [0, 0.05) is 38.2 Å². The molecule has 0 amide bonds. The molecule has 6 nitrogen and oxygen atoms in total. The summed E-state index contributed by atoms with van der Waals surface area (Å²) in [5.41, 5.74) is 0. The van der Waals surface area contributed by atoms with E-state index in [9.17, 15) is 19.5 Å². The van der Waals surface area contributed by atoms with Crippen LogP contribution in [-0.2, 0) is 14.0 Å². The summed E-state index contributed by atoms with van der Waals surface area (Å²) in [4.78, 5) is 20.5. The molecule has 0 bridgehead atoms. The van der Waals surface area contributed by atoms with Crippen molar-refractivity contribution < 1.29 is 60.0 Å². The zero-order valence-electron chi connectivity index (χ0n) is 7.90. The van der Waals surface area contributed by atoms with Crippen LogP contribution in [0.3, 0.4) is 0 Å². The van der Waals surface area contributed by atoms with Crippen LogP contribution in [0.4, 0.5) is 0 Å². The van der Waals surface area contributed by atoms with E-state index in [0.29, 0.717) is 5.82 Å². The fraction of sp³-hybridized carbons (Fsp3) is 0.571. The average Bonchev–Trinajstić information content (AvgIpc) is 2.42. The Morgan fingerprint density at radius 1 is 1.60 bits per heavy atom. The normalized spacial score (nSPS) is 31.9. The van der Waals surface area contributed by atoms with E-state index in [0.717, 1.165) is 6.08 Å². The number of rotatable bonds is 3. The molecule has 1 aliphatic heterocycles. The van der Waals surface area contributed by atoms with E-state index in [1.165, 1.54) is 13.7 Å². The van der Waals surface area contributed by atoms with Gasteiger partial charge in [0.25, 0.3) is 0 Å². The van der Waals surface area contributed by atoms with E-state index < -0.39 is 25.9 Å². The van der Waals surface area contributed by atoms with Gasteiger partial charge in [0.15, 0.2) is 0 Å². The van der Waals surface area contributed by atoms with Gasteiger partial charge in [0.2, 0.25) is 0 Å². The maximum absolute atomic E-state index is 10.3. The van der Waals surface area contributed by atoms with Gasteiger partial charge in [-0.15, -0.1) is 0 Å². The van der Waals surface area contributed by atoms with Gasteiger partial charge in [0.05, 0.1) is 12.2 Å². The molecule has 0 aromatic rings. The van der Waals surface area contributed by atoms with Crippen molar-refractivity contribution in [2.24, 2.45) is 0 Å². The molecule has 86 valence electrons. The summed E-state index contributed by atoms with van der Waals surface area (Å²) < 4.78 is 19.9. The fourth-order valence-corrected chi connectivity index (χ4v) is 1.44. The molecule has 8 heteroatoms. The minimum atomic E-state index is -4.70. The van der Waals surface area contributed by atoms with Gasteiger partial charge in [0.1, 0.15) is 0 Å². The number of hydrogen-bond donors (Lipinski definition) is 1. The van der Waals surface area contributed by atoms with Crippen molar-refractivity contribution >= 4 is 7.60 Å². The van der Waals surface area contributed by atoms with Crippen molar-refractivity contribution in [1.29, 1.82) is 0 Å². The van der Waals surface area contributed by atoms with Gasteiger partial charge in [-0.1, -0.05) is 11.9 Å². The van der Waals surface area contributed by atoms with E-state index in [2.05, 4.69) is 0 Å². The largest absolute Gasteiger partial charge is 0.808 e. The van der Waals surface area contributed by atoms with Crippen molar-refractivity contribution in [3.05, 3.63) is 18.5 Å². The van der Waals surface area contributed by atoms with Gasteiger partial charge in [-0.3, -0.25) is 0 Å².